The van der Waals surface area contributed by atoms with Crippen molar-refractivity contribution in [1.29, 1.82) is 0 Å². The van der Waals surface area contributed by atoms with Gasteiger partial charge in [0.2, 0.25) is 0 Å². The molecule has 16 heavy (non-hydrogen) atoms. The van der Waals surface area contributed by atoms with Crippen LogP contribution in [0.5, 0.6) is 0 Å². The lowest BCUT2D eigenvalue weighted by molar-refractivity contribution is 0.436. The Morgan fingerprint density at radius 2 is 1.75 bits per heavy atom. The number of hydrogen-bond acceptors (Lipinski definition) is 3. The Bertz CT molecular complexity index is 365. The Kier molecular flexibility index (Phi) is 2.63. The minimum Gasteiger partial charge on any atom is -0.463 e. The van der Waals surface area contributed by atoms with Crippen LogP contribution in [-0.2, 0) is 13.1 Å². The fourth-order valence-corrected chi connectivity index (χ4v) is 2.54. The molecule has 90 valence electrons. The van der Waals surface area contributed by atoms with Gasteiger partial charge in [-0.1, -0.05) is 27.7 Å². The summed E-state index contributed by atoms with van der Waals surface area (Å²) in [5, 5.41) is 3.56. The molecule has 1 aromatic rings. The van der Waals surface area contributed by atoms with Crippen molar-refractivity contribution in [3.63, 3.8) is 0 Å². The van der Waals surface area contributed by atoms with E-state index in [1.807, 2.05) is 12.1 Å². The number of rotatable bonds is 4. The first-order chi connectivity index (χ1) is 7.39. The predicted molar refractivity (Wildman–Crippen MR) is 64.8 cm³/mol. The average Bonchev–Trinajstić information content (AvgIpc) is 2.60. The molecule has 0 aromatic carbocycles. The second kappa shape index (κ2) is 3.60. The SMILES string of the molecule is CC1(C)C(NCc2ccc(CN)o2)C1(C)C. The molecular weight excluding hydrogens is 200 g/mol. The van der Waals surface area contributed by atoms with Crippen molar-refractivity contribution in [2.24, 2.45) is 16.6 Å². The van der Waals surface area contributed by atoms with Crippen LogP contribution in [0.1, 0.15) is 39.2 Å². The minimum absolute atomic E-state index is 0.371. The summed E-state index contributed by atoms with van der Waals surface area (Å²) in [7, 11) is 0. The number of furan rings is 1. The van der Waals surface area contributed by atoms with E-state index in [-0.39, 0.29) is 0 Å². The zero-order chi connectivity index (χ0) is 12.0. The molecule has 0 spiro atoms. The van der Waals surface area contributed by atoms with Gasteiger partial charge in [0.25, 0.3) is 0 Å². The van der Waals surface area contributed by atoms with Crippen LogP contribution in [0.25, 0.3) is 0 Å². The summed E-state index contributed by atoms with van der Waals surface area (Å²) in [4.78, 5) is 0. The standard InChI is InChI=1S/C13H22N2O/c1-12(2)11(13(12,3)4)15-8-10-6-5-9(7-14)16-10/h5-6,11,15H,7-8,14H2,1-4H3. The van der Waals surface area contributed by atoms with Crippen LogP contribution < -0.4 is 11.1 Å². The number of nitrogens with two attached hydrogens (primary N) is 1. The molecule has 3 nitrogen and oxygen atoms in total. The van der Waals surface area contributed by atoms with E-state index >= 15 is 0 Å². The second-order valence-electron chi connectivity index (χ2n) is 5.83. The summed E-state index contributed by atoms with van der Waals surface area (Å²) in [5.41, 5.74) is 6.25. The molecule has 0 amide bonds. The van der Waals surface area contributed by atoms with E-state index in [0.29, 0.717) is 23.4 Å². The van der Waals surface area contributed by atoms with Crippen molar-refractivity contribution in [3.8, 4) is 0 Å². The van der Waals surface area contributed by atoms with Gasteiger partial charge in [0.1, 0.15) is 11.5 Å². The first-order valence-electron chi connectivity index (χ1n) is 5.90. The fourth-order valence-electron chi connectivity index (χ4n) is 2.54. The molecule has 1 aliphatic carbocycles. The van der Waals surface area contributed by atoms with Gasteiger partial charge in [0.15, 0.2) is 0 Å². The normalized spacial score (nSPS) is 22.3. The van der Waals surface area contributed by atoms with Gasteiger partial charge in [-0.15, -0.1) is 0 Å². The third-order valence-corrected chi connectivity index (χ3v) is 4.42. The van der Waals surface area contributed by atoms with Crippen molar-refractivity contribution in [2.45, 2.75) is 46.8 Å². The molecule has 3 N–H and O–H groups in total. The topological polar surface area (TPSA) is 51.2 Å². The largest absolute Gasteiger partial charge is 0.463 e. The van der Waals surface area contributed by atoms with Crippen molar-refractivity contribution >= 4 is 0 Å². The first-order valence-corrected chi connectivity index (χ1v) is 5.90. The Morgan fingerprint density at radius 3 is 2.19 bits per heavy atom. The van der Waals surface area contributed by atoms with Crippen LogP contribution in [0.4, 0.5) is 0 Å². The quantitative estimate of drug-likeness (QED) is 0.821. The Balaban J connectivity index is 1.90. The highest BCUT2D eigenvalue weighted by Gasteiger charge is 2.64. The van der Waals surface area contributed by atoms with Gasteiger partial charge in [0, 0.05) is 6.04 Å². The highest BCUT2D eigenvalue weighted by atomic mass is 16.3. The lowest BCUT2D eigenvalue weighted by atomic mass is 10.0. The third kappa shape index (κ3) is 1.68. The molecule has 3 heteroatoms. The molecule has 1 aliphatic rings. The molecule has 2 rings (SSSR count). The van der Waals surface area contributed by atoms with Gasteiger partial charge in [0.05, 0.1) is 13.1 Å². The van der Waals surface area contributed by atoms with Crippen LogP contribution in [-0.4, -0.2) is 6.04 Å². The predicted octanol–water partition coefficient (Wildman–Crippen LogP) is 2.26. The summed E-state index contributed by atoms with van der Waals surface area (Å²) in [5.74, 6) is 1.82. The van der Waals surface area contributed by atoms with Crippen LogP contribution >= 0.6 is 0 Å². The van der Waals surface area contributed by atoms with Gasteiger partial charge in [-0.25, -0.2) is 0 Å². The van der Waals surface area contributed by atoms with Crippen molar-refractivity contribution < 1.29 is 4.42 Å². The second-order valence-corrected chi connectivity index (χ2v) is 5.83. The van der Waals surface area contributed by atoms with Crippen molar-refractivity contribution in [3.05, 3.63) is 23.7 Å². The molecule has 0 aliphatic heterocycles. The monoisotopic (exact) mass is 222 g/mol. The van der Waals surface area contributed by atoms with Crippen LogP contribution in [0, 0.1) is 10.8 Å². The van der Waals surface area contributed by atoms with E-state index in [1.165, 1.54) is 0 Å². The smallest absolute Gasteiger partial charge is 0.118 e. The van der Waals surface area contributed by atoms with Crippen LogP contribution in [0.3, 0.4) is 0 Å². The minimum atomic E-state index is 0.371. The van der Waals surface area contributed by atoms with Gasteiger partial charge in [-0.05, 0) is 23.0 Å². The molecule has 0 unspecified atom stereocenters. The maximum atomic E-state index is 5.56. The third-order valence-electron chi connectivity index (χ3n) is 4.42. The van der Waals surface area contributed by atoms with Crippen LogP contribution in [0.15, 0.2) is 16.5 Å². The van der Waals surface area contributed by atoms with E-state index in [9.17, 15) is 0 Å². The summed E-state index contributed by atoms with van der Waals surface area (Å²) in [6.45, 7) is 10.5. The van der Waals surface area contributed by atoms with Gasteiger partial charge < -0.3 is 15.5 Å². The van der Waals surface area contributed by atoms with Gasteiger partial charge in [-0.2, -0.15) is 0 Å². The van der Waals surface area contributed by atoms with E-state index in [0.717, 1.165) is 18.1 Å². The zero-order valence-corrected chi connectivity index (χ0v) is 10.6. The van der Waals surface area contributed by atoms with Crippen LogP contribution in [0.2, 0.25) is 0 Å². The highest BCUT2D eigenvalue weighted by molar-refractivity contribution is 5.18. The average molecular weight is 222 g/mol. The highest BCUT2D eigenvalue weighted by Crippen LogP contribution is 2.62. The lowest BCUT2D eigenvalue weighted by Gasteiger charge is -2.03. The molecule has 1 aromatic heterocycles. The summed E-state index contributed by atoms with van der Waals surface area (Å²) in [6.07, 6.45) is 0. The van der Waals surface area contributed by atoms with Gasteiger partial charge in [-0.3, -0.25) is 0 Å². The van der Waals surface area contributed by atoms with E-state index in [2.05, 4.69) is 33.0 Å². The van der Waals surface area contributed by atoms with E-state index in [4.69, 9.17) is 10.2 Å². The Hall–Kier alpha value is -0.800. The first kappa shape index (κ1) is 11.7. The Labute approximate surface area is 97.4 Å². The maximum Gasteiger partial charge on any atom is 0.118 e. The van der Waals surface area contributed by atoms with Crippen molar-refractivity contribution in [1.82, 2.24) is 5.32 Å². The van der Waals surface area contributed by atoms with E-state index in [1.54, 1.807) is 0 Å². The molecule has 0 saturated heterocycles. The number of hydrogen-bond donors (Lipinski definition) is 2. The molecule has 1 saturated carbocycles. The van der Waals surface area contributed by atoms with Crippen molar-refractivity contribution in [2.75, 3.05) is 0 Å². The molecule has 0 bridgehead atoms. The molecule has 0 radical (unpaired) electrons. The molecule has 1 fully saturated rings. The van der Waals surface area contributed by atoms with E-state index < -0.39 is 0 Å². The van der Waals surface area contributed by atoms with Gasteiger partial charge >= 0.3 is 0 Å². The summed E-state index contributed by atoms with van der Waals surface area (Å²) in [6, 6.07) is 4.50. The fraction of sp³-hybridized carbons (Fsp3) is 0.692. The molecule has 1 heterocycles. The Morgan fingerprint density at radius 1 is 1.19 bits per heavy atom. The zero-order valence-electron chi connectivity index (χ0n) is 10.6. The molecule has 0 atom stereocenters. The lowest BCUT2D eigenvalue weighted by Crippen LogP contribution is -2.21. The molecular formula is C13H22N2O. The summed E-state index contributed by atoms with van der Waals surface area (Å²) < 4.78 is 5.56. The summed E-state index contributed by atoms with van der Waals surface area (Å²) >= 11 is 0. The number of nitrogens with one attached hydrogen (secondary N) is 1. The maximum absolute atomic E-state index is 5.56.